The number of ether oxygens (including phenoxy) is 1. The number of anilines is 1. The smallest absolute Gasteiger partial charge is 0.416 e. The maximum absolute atomic E-state index is 11.6. The molecule has 0 spiro atoms. The van der Waals surface area contributed by atoms with E-state index in [4.69, 9.17) is 4.74 Å². The number of aromatic carboxylic acids is 1. The van der Waals surface area contributed by atoms with E-state index in [1.54, 1.807) is 19.1 Å². The van der Waals surface area contributed by atoms with E-state index >= 15 is 0 Å². The molecule has 0 saturated heterocycles. The predicted octanol–water partition coefficient (Wildman–Crippen LogP) is 2.50. The number of rotatable bonds is 5. The van der Waals surface area contributed by atoms with E-state index in [0.29, 0.717) is 22.9 Å². The lowest BCUT2D eigenvalue weighted by atomic mass is 10.2. The van der Waals surface area contributed by atoms with E-state index in [0.717, 1.165) is 0 Å². The monoisotopic (exact) mass is 366 g/mol. The van der Waals surface area contributed by atoms with Crippen LogP contribution in [0.1, 0.15) is 17.4 Å². The van der Waals surface area contributed by atoms with Gasteiger partial charge in [0.15, 0.2) is 11.5 Å². The number of aromatic nitrogens is 5. The molecule has 1 amide bonds. The summed E-state index contributed by atoms with van der Waals surface area (Å²) in [6, 6.07) is 4.57. The highest BCUT2D eigenvalue weighted by molar-refractivity contribution is 5.87. The van der Waals surface area contributed by atoms with E-state index in [1.807, 2.05) is 0 Å². The van der Waals surface area contributed by atoms with Gasteiger partial charge < -0.3 is 9.84 Å². The van der Waals surface area contributed by atoms with Gasteiger partial charge in [0.1, 0.15) is 0 Å². The molecular weight excluding hydrogens is 352 g/mol. The first-order chi connectivity index (χ1) is 12.9. The summed E-state index contributed by atoms with van der Waals surface area (Å²) >= 11 is 0. The van der Waals surface area contributed by atoms with Gasteiger partial charge in [-0.1, -0.05) is 6.58 Å². The summed E-state index contributed by atoms with van der Waals surface area (Å²) in [4.78, 5) is 35.2. The van der Waals surface area contributed by atoms with Crippen LogP contribution in [-0.2, 0) is 4.74 Å². The van der Waals surface area contributed by atoms with Crippen molar-refractivity contribution in [3.05, 3.63) is 61.0 Å². The van der Waals surface area contributed by atoms with Crippen LogP contribution in [0.15, 0.2) is 55.3 Å². The molecule has 136 valence electrons. The first kappa shape index (κ1) is 17.7. The molecule has 0 radical (unpaired) electrons. The van der Waals surface area contributed by atoms with Crippen LogP contribution in [0.5, 0.6) is 0 Å². The van der Waals surface area contributed by atoms with Gasteiger partial charge in [-0.3, -0.25) is 15.3 Å². The quantitative estimate of drug-likeness (QED) is 0.658. The summed E-state index contributed by atoms with van der Waals surface area (Å²) in [5.41, 5.74) is 1.07. The molecule has 3 heterocycles. The lowest BCUT2D eigenvalue weighted by Crippen LogP contribution is -2.12. The summed E-state index contributed by atoms with van der Waals surface area (Å²) in [5.74, 6) is -0.583. The molecule has 10 nitrogen and oxygen atoms in total. The third-order valence-electron chi connectivity index (χ3n) is 3.23. The van der Waals surface area contributed by atoms with Crippen LogP contribution in [-0.4, -0.2) is 41.9 Å². The summed E-state index contributed by atoms with van der Waals surface area (Å²) in [7, 11) is 0. The van der Waals surface area contributed by atoms with E-state index in [1.165, 1.54) is 35.5 Å². The molecule has 0 unspecified atom stereocenters. The number of hydrogen-bond donors (Lipinski definition) is 2. The normalized spacial score (nSPS) is 10.3. The van der Waals surface area contributed by atoms with Gasteiger partial charge in [0.2, 0.25) is 0 Å². The lowest BCUT2D eigenvalue weighted by molar-refractivity contribution is 0.0690. The second-order valence-electron chi connectivity index (χ2n) is 5.34. The highest BCUT2D eigenvalue weighted by Gasteiger charge is 2.17. The average Bonchev–Trinajstić information content (AvgIpc) is 3.08. The number of carbonyl (C=O) groups excluding carboxylic acids is 1. The molecule has 3 aromatic heterocycles. The maximum atomic E-state index is 11.6. The standard InChI is InChI=1S/C17H14N6O4/c1-10(2)27-17(26)21-11-3-4-12(20-8-11)14-7-13(16(24)25)22-23(14)15-9-18-5-6-19-15/h3-9H,1H2,2H3,(H,21,26)(H,24,25). The number of nitrogens with zero attached hydrogens (tertiary/aromatic N) is 5. The van der Waals surface area contributed by atoms with Crippen LogP contribution in [0, 0.1) is 0 Å². The molecule has 10 heteroatoms. The second kappa shape index (κ2) is 7.44. The Labute approximate surface area is 153 Å². The number of carboxylic acids is 1. The number of hydrogen-bond acceptors (Lipinski definition) is 7. The van der Waals surface area contributed by atoms with Crippen LogP contribution in [0.4, 0.5) is 10.5 Å². The van der Waals surface area contributed by atoms with Crippen LogP contribution in [0.2, 0.25) is 0 Å². The van der Waals surface area contributed by atoms with E-state index < -0.39 is 12.1 Å². The van der Waals surface area contributed by atoms with Gasteiger partial charge in [-0.05, 0) is 19.1 Å². The Morgan fingerprint density at radius 2 is 2.04 bits per heavy atom. The van der Waals surface area contributed by atoms with Gasteiger partial charge in [0, 0.05) is 18.5 Å². The highest BCUT2D eigenvalue weighted by atomic mass is 16.6. The second-order valence-corrected chi connectivity index (χ2v) is 5.34. The summed E-state index contributed by atoms with van der Waals surface area (Å²) < 4.78 is 6.14. The van der Waals surface area contributed by atoms with Crippen molar-refractivity contribution in [1.82, 2.24) is 24.7 Å². The Bertz CT molecular complexity index is 998. The number of pyridine rings is 1. The SMILES string of the molecule is C=C(C)OC(=O)Nc1ccc(-c2cc(C(=O)O)nn2-c2cnccn2)nc1. The summed E-state index contributed by atoms with van der Waals surface area (Å²) in [6.07, 6.45) is 5.13. The predicted molar refractivity (Wildman–Crippen MR) is 94.3 cm³/mol. The molecule has 0 atom stereocenters. The first-order valence-electron chi connectivity index (χ1n) is 7.64. The maximum Gasteiger partial charge on any atom is 0.416 e. The Morgan fingerprint density at radius 3 is 2.63 bits per heavy atom. The van der Waals surface area contributed by atoms with E-state index in [9.17, 15) is 14.7 Å². The van der Waals surface area contributed by atoms with Crippen molar-refractivity contribution in [3.8, 4) is 17.2 Å². The molecule has 0 bridgehead atoms. The average molecular weight is 366 g/mol. The van der Waals surface area contributed by atoms with Gasteiger partial charge in [-0.2, -0.15) is 5.10 Å². The Balaban J connectivity index is 1.93. The molecule has 0 fully saturated rings. The zero-order chi connectivity index (χ0) is 19.4. The molecule has 0 aliphatic rings. The van der Waals surface area contributed by atoms with E-state index in [2.05, 4.69) is 31.9 Å². The number of carboxylic acid groups (broad SMARTS) is 1. The van der Waals surface area contributed by atoms with Gasteiger partial charge in [0.25, 0.3) is 0 Å². The molecule has 0 aliphatic carbocycles. The van der Waals surface area contributed by atoms with E-state index in [-0.39, 0.29) is 11.5 Å². The topological polar surface area (TPSA) is 132 Å². The minimum Gasteiger partial charge on any atom is -0.476 e. The van der Waals surface area contributed by atoms with Crippen molar-refractivity contribution in [1.29, 1.82) is 0 Å². The number of carbonyl (C=O) groups is 2. The lowest BCUT2D eigenvalue weighted by Gasteiger charge is -2.08. The number of allylic oxidation sites excluding steroid dienone is 1. The molecule has 27 heavy (non-hydrogen) atoms. The van der Waals surface area contributed by atoms with Crippen molar-refractivity contribution in [2.24, 2.45) is 0 Å². The molecule has 2 N–H and O–H groups in total. The number of amides is 1. The molecule has 0 aliphatic heterocycles. The fourth-order valence-corrected chi connectivity index (χ4v) is 2.16. The highest BCUT2D eigenvalue weighted by Crippen LogP contribution is 2.22. The van der Waals surface area contributed by atoms with Crippen molar-refractivity contribution in [3.63, 3.8) is 0 Å². The molecule has 3 rings (SSSR count). The van der Waals surface area contributed by atoms with Crippen LogP contribution in [0.3, 0.4) is 0 Å². The minimum atomic E-state index is -1.18. The Morgan fingerprint density at radius 1 is 1.22 bits per heavy atom. The fraction of sp³-hybridized carbons (Fsp3) is 0.0588. The van der Waals surface area contributed by atoms with Gasteiger partial charge in [0.05, 0.1) is 35.2 Å². The van der Waals surface area contributed by atoms with Crippen LogP contribution < -0.4 is 5.32 Å². The van der Waals surface area contributed by atoms with Gasteiger partial charge in [-0.25, -0.2) is 19.3 Å². The largest absolute Gasteiger partial charge is 0.476 e. The van der Waals surface area contributed by atoms with Crippen molar-refractivity contribution >= 4 is 17.7 Å². The summed E-state index contributed by atoms with van der Waals surface area (Å²) in [5, 5.41) is 15.8. The molecule has 0 aromatic carbocycles. The zero-order valence-corrected chi connectivity index (χ0v) is 14.2. The molecule has 3 aromatic rings. The van der Waals surface area contributed by atoms with Gasteiger partial charge in [-0.15, -0.1) is 0 Å². The third kappa shape index (κ3) is 4.12. The Hall–Kier alpha value is -4.08. The molecular formula is C17H14N6O4. The van der Waals surface area contributed by atoms with Crippen LogP contribution in [0.25, 0.3) is 17.2 Å². The minimum absolute atomic E-state index is 0.162. The third-order valence-corrected chi connectivity index (χ3v) is 3.23. The van der Waals surface area contributed by atoms with Crippen molar-refractivity contribution < 1.29 is 19.4 Å². The van der Waals surface area contributed by atoms with Crippen molar-refractivity contribution in [2.45, 2.75) is 6.92 Å². The zero-order valence-electron chi connectivity index (χ0n) is 14.2. The first-order valence-corrected chi connectivity index (χ1v) is 7.64. The van der Waals surface area contributed by atoms with Crippen LogP contribution >= 0.6 is 0 Å². The number of nitrogens with one attached hydrogen (secondary N) is 1. The summed E-state index contributed by atoms with van der Waals surface area (Å²) in [6.45, 7) is 5.03. The molecule has 0 saturated carbocycles. The Kier molecular flexibility index (Phi) is 4.88. The van der Waals surface area contributed by atoms with Gasteiger partial charge >= 0.3 is 12.1 Å². The van der Waals surface area contributed by atoms with Crippen molar-refractivity contribution in [2.75, 3.05) is 5.32 Å². The fourth-order valence-electron chi connectivity index (χ4n) is 2.16.